The van der Waals surface area contributed by atoms with Crippen molar-refractivity contribution in [3.05, 3.63) is 93.5 Å². The number of nitrogens with one attached hydrogen (secondary N) is 2. The maximum atomic E-state index is 12.8. The van der Waals surface area contributed by atoms with Crippen LogP contribution >= 0.6 is 27.5 Å². The second-order valence-electron chi connectivity index (χ2n) is 6.18. The quantitative estimate of drug-likeness (QED) is 0.289. The van der Waals surface area contributed by atoms with Crippen LogP contribution in [0.15, 0.2) is 82.4 Å². The lowest BCUT2D eigenvalue weighted by Crippen LogP contribution is -2.18. The molecular formula is C22H15BrClN3O. The number of H-pyrrole nitrogens is 1. The zero-order valence-electron chi connectivity index (χ0n) is 14.6. The fourth-order valence-corrected chi connectivity index (χ4v) is 3.39. The van der Waals surface area contributed by atoms with Crippen molar-refractivity contribution in [1.82, 2.24) is 10.4 Å². The Hall–Kier alpha value is -2.89. The average Bonchev–Trinajstić information content (AvgIpc) is 3.10. The predicted octanol–water partition coefficient (Wildman–Crippen LogP) is 6.01. The van der Waals surface area contributed by atoms with E-state index in [-0.39, 0.29) is 5.91 Å². The first-order valence-corrected chi connectivity index (χ1v) is 9.74. The van der Waals surface area contributed by atoms with E-state index in [1.54, 1.807) is 6.21 Å². The van der Waals surface area contributed by atoms with Crippen molar-refractivity contribution in [3.63, 3.8) is 0 Å². The summed E-state index contributed by atoms with van der Waals surface area (Å²) < 4.78 is 0.986. The molecule has 0 saturated heterocycles. The van der Waals surface area contributed by atoms with Gasteiger partial charge in [-0.15, -0.1) is 0 Å². The molecular weight excluding hydrogens is 438 g/mol. The molecule has 1 amide bonds. The van der Waals surface area contributed by atoms with Gasteiger partial charge in [0.05, 0.1) is 6.21 Å². The standard InChI is InChI=1S/C22H15BrClN3O/c23-16-9-5-14(6-10-16)13-25-27-22(28)21-20(15-7-11-17(24)12-8-15)18-3-1-2-4-19(18)26-21/h1-13,26H,(H,27,28)/b25-13+. The number of fused-ring (bicyclic) bond motifs is 1. The lowest BCUT2D eigenvalue weighted by molar-refractivity contribution is 0.0951. The molecule has 138 valence electrons. The van der Waals surface area contributed by atoms with E-state index < -0.39 is 0 Å². The summed E-state index contributed by atoms with van der Waals surface area (Å²) in [6, 6.07) is 22.9. The molecule has 0 fully saturated rings. The van der Waals surface area contributed by atoms with Crippen LogP contribution in [0.2, 0.25) is 5.02 Å². The predicted molar refractivity (Wildman–Crippen MR) is 118 cm³/mol. The van der Waals surface area contributed by atoms with Gasteiger partial charge in [-0.05, 0) is 41.5 Å². The minimum atomic E-state index is -0.311. The van der Waals surface area contributed by atoms with Crippen LogP contribution in [0.1, 0.15) is 16.1 Å². The molecule has 0 spiro atoms. The van der Waals surface area contributed by atoms with Crippen LogP contribution in [-0.2, 0) is 0 Å². The van der Waals surface area contributed by atoms with Gasteiger partial charge in [0.2, 0.25) is 0 Å². The highest BCUT2D eigenvalue weighted by Gasteiger charge is 2.18. The summed E-state index contributed by atoms with van der Waals surface area (Å²) in [7, 11) is 0. The Morgan fingerprint density at radius 3 is 2.46 bits per heavy atom. The van der Waals surface area contributed by atoms with E-state index >= 15 is 0 Å². The number of benzene rings is 3. The number of para-hydroxylation sites is 1. The van der Waals surface area contributed by atoms with Crippen molar-refractivity contribution in [2.24, 2.45) is 5.10 Å². The van der Waals surface area contributed by atoms with E-state index in [4.69, 9.17) is 11.6 Å². The van der Waals surface area contributed by atoms with Crippen molar-refractivity contribution < 1.29 is 4.79 Å². The number of hydrazone groups is 1. The van der Waals surface area contributed by atoms with E-state index in [1.165, 1.54) is 0 Å². The largest absolute Gasteiger partial charge is 0.350 e. The molecule has 4 aromatic rings. The monoisotopic (exact) mass is 451 g/mol. The normalized spacial score (nSPS) is 11.2. The lowest BCUT2D eigenvalue weighted by atomic mass is 10.0. The number of nitrogens with zero attached hydrogens (tertiary/aromatic N) is 1. The van der Waals surface area contributed by atoms with Gasteiger partial charge < -0.3 is 4.98 Å². The van der Waals surface area contributed by atoms with Gasteiger partial charge in [0.15, 0.2) is 0 Å². The topological polar surface area (TPSA) is 57.2 Å². The SMILES string of the molecule is O=C(N/N=C/c1ccc(Br)cc1)c1[nH]c2ccccc2c1-c1ccc(Cl)cc1. The first-order valence-electron chi connectivity index (χ1n) is 8.57. The third kappa shape index (κ3) is 3.86. The molecule has 4 nitrogen and oxygen atoms in total. The third-order valence-corrected chi connectivity index (χ3v) is 5.10. The van der Waals surface area contributed by atoms with Crippen LogP contribution in [0, 0.1) is 0 Å². The maximum Gasteiger partial charge on any atom is 0.288 e. The number of carbonyl (C=O) groups is 1. The van der Waals surface area contributed by atoms with Crippen molar-refractivity contribution in [2.75, 3.05) is 0 Å². The highest BCUT2D eigenvalue weighted by molar-refractivity contribution is 9.10. The second kappa shape index (κ2) is 8.00. The molecule has 0 saturated carbocycles. The third-order valence-electron chi connectivity index (χ3n) is 4.32. The van der Waals surface area contributed by atoms with Gasteiger partial charge in [-0.25, -0.2) is 5.43 Å². The van der Waals surface area contributed by atoms with E-state index in [9.17, 15) is 4.79 Å². The number of hydrogen-bond donors (Lipinski definition) is 2. The Kier molecular flexibility index (Phi) is 5.28. The number of amides is 1. The van der Waals surface area contributed by atoms with Crippen LogP contribution in [0.4, 0.5) is 0 Å². The fraction of sp³-hybridized carbons (Fsp3) is 0. The smallest absolute Gasteiger partial charge is 0.288 e. The van der Waals surface area contributed by atoms with Gasteiger partial charge in [-0.1, -0.05) is 70.0 Å². The molecule has 1 heterocycles. The molecule has 0 aliphatic rings. The fourth-order valence-electron chi connectivity index (χ4n) is 3.00. The molecule has 28 heavy (non-hydrogen) atoms. The van der Waals surface area contributed by atoms with E-state index in [0.29, 0.717) is 10.7 Å². The molecule has 4 rings (SSSR count). The van der Waals surface area contributed by atoms with Crippen molar-refractivity contribution in [2.45, 2.75) is 0 Å². The average molecular weight is 453 g/mol. The summed E-state index contributed by atoms with van der Waals surface area (Å²) in [6.45, 7) is 0. The molecule has 0 aliphatic carbocycles. The molecule has 0 unspecified atom stereocenters. The Balaban J connectivity index is 1.67. The summed E-state index contributed by atoms with van der Waals surface area (Å²) in [5.41, 5.74) is 6.56. The van der Waals surface area contributed by atoms with Crippen molar-refractivity contribution >= 4 is 50.6 Å². The van der Waals surface area contributed by atoms with Gasteiger partial charge in [0.1, 0.15) is 5.69 Å². The summed E-state index contributed by atoms with van der Waals surface area (Å²) in [5.74, 6) is -0.311. The number of halogens is 2. The Labute approximate surface area is 175 Å². The number of rotatable bonds is 4. The number of aromatic nitrogens is 1. The van der Waals surface area contributed by atoms with Crippen molar-refractivity contribution in [1.29, 1.82) is 0 Å². The van der Waals surface area contributed by atoms with Gasteiger partial charge in [-0.2, -0.15) is 5.10 Å². The van der Waals surface area contributed by atoms with E-state index in [2.05, 4.69) is 31.4 Å². The van der Waals surface area contributed by atoms with E-state index in [0.717, 1.165) is 32.1 Å². The van der Waals surface area contributed by atoms with Crippen LogP contribution in [0.25, 0.3) is 22.0 Å². The molecule has 3 aromatic carbocycles. The number of carbonyl (C=O) groups excluding carboxylic acids is 1. The molecule has 1 aromatic heterocycles. The molecule has 0 radical (unpaired) electrons. The number of aromatic amines is 1. The summed E-state index contributed by atoms with van der Waals surface area (Å²) in [4.78, 5) is 16.0. The molecule has 0 aliphatic heterocycles. The minimum absolute atomic E-state index is 0.311. The van der Waals surface area contributed by atoms with Crippen LogP contribution < -0.4 is 5.43 Å². The second-order valence-corrected chi connectivity index (χ2v) is 7.53. The van der Waals surface area contributed by atoms with Crippen LogP contribution in [-0.4, -0.2) is 17.1 Å². The van der Waals surface area contributed by atoms with Gasteiger partial charge in [-0.3, -0.25) is 4.79 Å². The van der Waals surface area contributed by atoms with Gasteiger partial charge in [0, 0.05) is 26.0 Å². The van der Waals surface area contributed by atoms with Crippen molar-refractivity contribution in [3.8, 4) is 11.1 Å². The molecule has 0 atom stereocenters. The summed E-state index contributed by atoms with van der Waals surface area (Å²) in [5, 5.41) is 5.70. The summed E-state index contributed by atoms with van der Waals surface area (Å²) >= 11 is 9.41. The summed E-state index contributed by atoms with van der Waals surface area (Å²) in [6.07, 6.45) is 1.61. The maximum absolute atomic E-state index is 12.8. The van der Waals surface area contributed by atoms with Crippen LogP contribution in [0.5, 0.6) is 0 Å². The molecule has 2 N–H and O–H groups in total. The molecule has 0 bridgehead atoms. The molecule has 6 heteroatoms. The number of hydrogen-bond acceptors (Lipinski definition) is 2. The van der Waals surface area contributed by atoms with Gasteiger partial charge >= 0.3 is 0 Å². The Bertz CT molecular complexity index is 1160. The lowest BCUT2D eigenvalue weighted by Gasteiger charge is -2.05. The zero-order valence-corrected chi connectivity index (χ0v) is 17.0. The first-order chi connectivity index (χ1) is 13.6. The highest BCUT2D eigenvalue weighted by atomic mass is 79.9. The first kappa shape index (κ1) is 18.5. The highest BCUT2D eigenvalue weighted by Crippen LogP contribution is 2.33. The Morgan fingerprint density at radius 2 is 1.71 bits per heavy atom. The van der Waals surface area contributed by atoms with E-state index in [1.807, 2.05) is 72.8 Å². The minimum Gasteiger partial charge on any atom is -0.350 e. The van der Waals surface area contributed by atoms with Crippen LogP contribution in [0.3, 0.4) is 0 Å². The van der Waals surface area contributed by atoms with Gasteiger partial charge in [0.25, 0.3) is 5.91 Å². The zero-order chi connectivity index (χ0) is 19.5. The Morgan fingerprint density at radius 1 is 1.00 bits per heavy atom.